The van der Waals surface area contributed by atoms with Crippen molar-refractivity contribution in [2.45, 2.75) is 26.5 Å². The SMILES string of the molecule is CCCNCC(=O)NCc1cccc(COC)c1. The lowest BCUT2D eigenvalue weighted by molar-refractivity contribution is -0.120. The van der Waals surface area contributed by atoms with Gasteiger partial charge in [-0.1, -0.05) is 31.2 Å². The van der Waals surface area contributed by atoms with Crippen LogP contribution < -0.4 is 10.6 Å². The lowest BCUT2D eigenvalue weighted by Gasteiger charge is -2.07. The fourth-order valence-electron chi connectivity index (χ4n) is 1.64. The van der Waals surface area contributed by atoms with Crippen molar-refractivity contribution in [3.63, 3.8) is 0 Å². The van der Waals surface area contributed by atoms with E-state index in [0.717, 1.165) is 24.1 Å². The highest BCUT2D eigenvalue weighted by molar-refractivity contribution is 5.77. The molecule has 4 nitrogen and oxygen atoms in total. The molecule has 0 aliphatic rings. The van der Waals surface area contributed by atoms with E-state index in [1.54, 1.807) is 7.11 Å². The van der Waals surface area contributed by atoms with E-state index in [0.29, 0.717) is 19.7 Å². The largest absolute Gasteiger partial charge is 0.380 e. The highest BCUT2D eigenvalue weighted by atomic mass is 16.5. The van der Waals surface area contributed by atoms with Crippen molar-refractivity contribution >= 4 is 5.91 Å². The quantitative estimate of drug-likeness (QED) is 0.687. The van der Waals surface area contributed by atoms with Crippen LogP contribution in [0.15, 0.2) is 24.3 Å². The predicted octanol–water partition coefficient (Wildman–Crippen LogP) is 1.45. The van der Waals surface area contributed by atoms with Gasteiger partial charge in [0.1, 0.15) is 0 Å². The highest BCUT2D eigenvalue weighted by Gasteiger charge is 2.01. The van der Waals surface area contributed by atoms with Crippen LogP contribution in [0.3, 0.4) is 0 Å². The monoisotopic (exact) mass is 250 g/mol. The van der Waals surface area contributed by atoms with Crippen LogP contribution in [0.25, 0.3) is 0 Å². The molecule has 0 atom stereocenters. The van der Waals surface area contributed by atoms with Crippen LogP contribution in [0.5, 0.6) is 0 Å². The van der Waals surface area contributed by atoms with Gasteiger partial charge in [0.15, 0.2) is 0 Å². The van der Waals surface area contributed by atoms with Crippen LogP contribution >= 0.6 is 0 Å². The van der Waals surface area contributed by atoms with Crippen LogP contribution in [0, 0.1) is 0 Å². The molecule has 0 saturated carbocycles. The van der Waals surface area contributed by atoms with Crippen LogP contribution in [-0.2, 0) is 22.7 Å². The van der Waals surface area contributed by atoms with E-state index in [-0.39, 0.29) is 5.91 Å². The molecule has 1 aromatic rings. The third-order valence-corrected chi connectivity index (χ3v) is 2.50. The second kappa shape index (κ2) is 8.66. The molecule has 0 saturated heterocycles. The summed E-state index contributed by atoms with van der Waals surface area (Å²) in [7, 11) is 1.67. The fraction of sp³-hybridized carbons (Fsp3) is 0.500. The second-order valence-electron chi connectivity index (χ2n) is 4.21. The Balaban J connectivity index is 2.33. The highest BCUT2D eigenvalue weighted by Crippen LogP contribution is 2.05. The first-order valence-electron chi connectivity index (χ1n) is 6.30. The number of ether oxygens (including phenoxy) is 1. The Hall–Kier alpha value is -1.39. The number of rotatable bonds is 8. The van der Waals surface area contributed by atoms with Gasteiger partial charge in [-0.25, -0.2) is 0 Å². The molecule has 0 radical (unpaired) electrons. The smallest absolute Gasteiger partial charge is 0.234 e. The summed E-state index contributed by atoms with van der Waals surface area (Å²) in [6, 6.07) is 8.03. The average Bonchev–Trinajstić information content (AvgIpc) is 2.38. The zero-order valence-electron chi connectivity index (χ0n) is 11.2. The second-order valence-corrected chi connectivity index (χ2v) is 4.21. The molecule has 0 unspecified atom stereocenters. The Kier molecular flexibility index (Phi) is 7.06. The molecule has 100 valence electrons. The normalized spacial score (nSPS) is 10.3. The molecular weight excluding hydrogens is 228 g/mol. The van der Waals surface area contributed by atoms with E-state index >= 15 is 0 Å². The minimum absolute atomic E-state index is 0.0283. The van der Waals surface area contributed by atoms with E-state index in [2.05, 4.69) is 17.6 Å². The van der Waals surface area contributed by atoms with E-state index < -0.39 is 0 Å². The third kappa shape index (κ3) is 5.80. The first-order chi connectivity index (χ1) is 8.76. The molecule has 0 bridgehead atoms. The Morgan fingerprint density at radius 1 is 1.33 bits per heavy atom. The van der Waals surface area contributed by atoms with Gasteiger partial charge in [-0.15, -0.1) is 0 Å². The maximum absolute atomic E-state index is 11.5. The van der Waals surface area contributed by atoms with Crippen molar-refractivity contribution in [3.05, 3.63) is 35.4 Å². The van der Waals surface area contributed by atoms with Gasteiger partial charge in [0.25, 0.3) is 0 Å². The Labute approximate surface area is 109 Å². The Bertz CT molecular complexity index is 367. The molecule has 0 fully saturated rings. The summed E-state index contributed by atoms with van der Waals surface area (Å²) in [6.45, 7) is 4.48. The predicted molar refractivity (Wildman–Crippen MR) is 72.2 cm³/mol. The molecule has 18 heavy (non-hydrogen) atoms. The molecular formula is C14H22N2O2. The number of nitrogens with one attached hydrogen (secondary N) is 2. The molecule has 0 spiro atoms. The number of amides is 1. The number of benzene rings is 1. The van der Waals surface area contributed by atoms with Crippen molar-refractivity contribution in [3.8, 4) is 0 Å². The van der Waals surface area contributed by atoms with Gasteiger partial charge in [-0.2, -0.15) is 0 Å². The number of carbonyl (C=O) groups is 1. The van der Waals surface area contributed by atoms with Gasteiger partial charge in [0.2, 0.25) is 5.91 Å². The van der Waals surface area contributed by atoms with Gasteiger partial charge in [0, 0.05) is 13.7 Å². The summed E-state index contributed by atoms with van der Waals surface area (Å²) < 4.78 is 5.08. The molecule has 0 aliphatic carbocycles. The summed E-state index contributed by atoms with van der Waals surface area (Å²) in [6.07, 6.45) is 1.03. The first kappa shape index (κ1) is 14.7. The topological polar surface area (TPSA) is 50.4 Å². The molecule has 1 rings (SSSR count). The van der Waals surface area contributed by atoms with Gasteiger partial charge < -0.3 is 15.4 Å². The lowest BCUT2D eigenvalue weighted by Crippen LogP contribution is -2.33. The number of hydrogen-bond acceptors (Lipinski definition) is 3. The zero-order valence-corrected chi connectivity index (χ0v) is 11.2. The number of methoxy groups -OCH3 is 1. The van der Waals surface area contributed by atoms with Crippen molar-refractivity contribution in [1.29, 1.82) is 0 Å². The standard InChI is InChI=1S/C14H22N2O2/c1-3-7-15-10-14(17)16-9-12-5-4-6-13(8-12)11-18-2/h4-6,8,15H,3,7,9-11H2,1-2H3,(H,16,17). The summed E-state index contributed by atoms with van der Waals surface area (Å²) in [5.41, 5.74) is 2.21. The molecule has 2 N–H and O–H groups in total. The van der Waals surface area contributed by atoms with E-state index in [1.807, 2.05) is 24.3 Å². The van der Waals surface area contributed by atoms with Crippen LogP contribution in [0.2, 0.25) is 0 Å². The summed E-state index contributed by atoms with van der Waals surface area (Å²) in [4.78, 5) is 11.5. The lowest BCUT2D eigenvalue weighted by atomic mass is 10.1. The van der Waals surface area contributed by atoms with Crippen molar-refractivity contribution < 1.29 is 9.53 Å². The van der Waals surface area contributed by atoms with Crippen molar-refractivity contribution in [1.82, 2.24) is 10.6 Å². The molecule has 1 amide bonds. The molecule has 0 heterocycles. The summed E-state index contributed by atoms with van der Waals surface area (Å²) in [5, 5.41) is 5.96. The molecule has 1 aromatic carbocycles. The fourth-order valence-corrected chi connectivity index (χ4v) is 1.64. The van der Waals surface area contributed by atoms with Gasteiger partial charge in [-0.05, 0) is 24.1 Å². The van der Waals surface area contributed by atoms with Gasteiger partial charge in [-0.3, -0.25) is 4.79 Å². The average molecular weight is 250 g/mol. The van der Waals surface area contributed by atoms with Crippen molar-refractivity contribution in [2.75, 3.05) is 20.2 Å². The number of carbonyl (C=O) groups excluding carboxylic acids is 1. The van der Waals surface area contributed by atoms with Crippen LogP contribution in [0.4, 0.5) is 0 Å². The number of hydrogen-bond donors (Lipinski definition) is 2. The third-order valence-electron chi connectivity index (χ3n) is 2.50. The minimum Gasteiger partial charge on any atom is -0.380 e. The van der Waals surface area contributed by atoms with Crippen molar-refractivity contribution in [2.24, 2.45) is 0 Å². The first-order valence-corrected chi connectivity index (χ1v) is 6.30. The Morgan fingerprint density at radius 3 is 2.83 bits per heavy atom. The molecule has 4 heteroatoms. The maximum Gasteiger partial charge on any atom is 0.234 e. The maximum atomic E-state index is 11.5. The summed E-state index contributed by atoms with van der Waals surface area (Å²) >= 11 is 0. The molecule has 0 aromatic heterocycles. The van der Waals surface area contributed by atoms with E-state index in [9.17, 15) is 4.79 Å². The zero-order chi connectivity index (χ0) is 13.2. The van der Waals surface area contributed by atoms with Crippen LogP contribution in [0.1, 0.15) is 24.5 Å². The Morgan fingerprint density at radius 2 is 2.11 bits per heavy atom. The van der Waals surface area contributed by atoms with E-state index in [1.165, 1.54) is 0 Å². The van der Waals surface area contributed by atoms with Gasteiger partial charge in [0.05, 0.1) is 13.2 Å². The van der Waals surface area contributed by atoms with E-state index in [4.69, 9.17) is 4.74 Å². The minimum atomic E-state index is 0.0283. The molecule has 0 aliphatic heterocycles. The van der Waals surface area contributed by atoms with Crippen LogP contribution in [-0.4, -0.2) is 26.1 Å². The van der Waals surface area contributed by atoms with Gasteiger partial charge >= 0.3 is 0 Å². The summed E-state index contributed by atoms with van der Waals surface area (Å²) in [5.74, 6) is 0.0283.